The summed E-state index contributed by atoms with van der Waals surface area (Å²) in [6.07, 6.45) is 3.37. The molecular weight excluding hydrogens is 368 g/mol. The van der Waals surface area contributed by atoms with Gasteiger partial charge in [0.1, 0.15) is 5.82 Å². The third kappa shape index (κ3) is 6.62. The van der Waals surface area contributed by atoms with Crippen LogP contribution >= 0.6 is 24.8 Å². The van der Waals surface area contributed by atoms with Gasteiger partial charge in [0.05, 0.1) is 18.3 Å². The van der Waals surface area contributed by atoms with Crippen molar-refractivity contribution in [3.63, 3.8) is 0 Å². The largest absolute Gasteiger partial charge is 0.393 e. The summed E-state index contributed by atoms with van der Waals surface area (Å²) in [6, 6.07) is 5.59. The second-order valence-electron chi connectivity index (χ2n) is 6.44. The van der Waals surface area contributed by atoms with Gasteiger partial charge in [-0.2, -0.15) is 0 Å². The van der Waals surface area contributed by atoms with Gasteiger partial charge in [0, 0.05) is 25.7 Å². The number of amides is 1. The molecule has 142 valence electrons. The molecule has 1 aromatic carbocycles. The molecule has 0 atom stereocenters. The van der Waals surface area contributed by atoms with E-state index in [0.29, 0.717) is 50.7 Å². The number of carbonyl (C=O) groups is 1. The van der Waals surface area contributed by atoms with E-state index < -0.39 is 0 Å². The average Bonchev–Trinajstić information content (AvgIpc) is 3.36. The second-order valence-corrected chi connectivity index (χ2v) is 6.44. The average molecular weight is 394 g/mol. The summed E-state index contributed by atoms with van der Waals surface area (Å²) in [5, 5.41) is 15.5. The lowest BCUT2D eigenvalue weighted by Gasteiger charge is -2.31. The third-order valence-electron chi connectivity index (χ3n) is 4.44. The first kappa shape index (κ1) is 22.0. The van der Waals surface area contributed by atoms with Crippen molar-refractivity contribution in [3.8, 4) is 0 Å². The summed E-state index contributed by atoms with van der Waals surface area (Å²) in [6.45, 7) is 1.99. The van der Waals surface area contributed by atoms with Crippen LogP contribution in [0.25, 0.3) is 0 Å². The number of aliphatic hydroxyl groups is 1. The molecule has 5 nitrogen and oxygen atoms in total. The Hall–Kier alpha value is -1.08. The number of hydrogen-bond acceptors (Lipinski definition) is 4. The highest BCUT2D eigenvalue weighted by Gasteiger charge is 2.21. The van der Waals surface area contributed by atoms with Crippen LogP contribution in [-0.4, -0.2) is 42.8 Å². The maximum atomic E-state index is 14.3. The summed E-state index contributed by atoms with van der Waals surface area (Å²) in [5.41, 5.74) is 1.32. The van der Waals surface area contributed by atoms with E-state index in [1.807, 2.05) is 11.0 Å². The van der Waals surface area contributed by atoms with Crippen LogP contribution in [0.5, 0.6) is 0 Å². The number of aliphatic hydroxyl groups excluding tert-OH is 1. The molecule has 8 heteroatoms. The Balaban J connectivity index is 0.00000156. The summed E-state index contributed by atoms with van der Waals surface area (Å²) >= 11 is 0. The topological polar surface area (TPSA) is 64.6 Å². The summed E-state index contributed by atoms with van der Waals surface area (Å²) < 4.78 is 14.3. The molecule has 0 unspecified atom stereocenters. The van der Waals surface area contributed by atoms with Crippen LogP contribution in [0.4, 0.5) is 10.1 Å². The third-order valence-corrected chi connectivity index (χ3v) is 4.44. The van der Waals surface area contributed by atoms with E-state index >= 15 is 0 Å². The summed E-state index contributed by atoms with van der Waals surface area (Å²) in [4.78, 5) is 13.6. The monoisotopic (exact) mass is 393 g/mol. The van der Waals surface area contributed by atoms with Gasteiger partial charge in [-0.1, -0.05) is 6.07 Å². The number of benzene rings is 1. The van der Waals surface area contributed by atoms with Crippen LogP contribution in [0.2, 0.25) is 0 Å². The van der Waals surface area contributed by atoms with E-state index in [1.165, 1.54) is 6.07 Å². The lowest BCUT2D eigenvalue weighted by Crippen LogP contribution is -2.36. The van der Waals surface area contributed by atoms with Crippen LogP contribution < -0.4 is 15.5 Å². The van der Waals surface area contributed by atoms with E-state index in [1.54, 1.807) is 6.07 Å². The molecule has 2 fully saturated rings. The van der Waals surface area contributed by atoms with Crippen molar-refractivity contribution in [3.05, 3.63) is 29.6 Å². The Morgan fingerprint density at radius 3 is 2.48 bits per heavy atom. The number of rotatable bonds is 6. The van der Waals surface area contributed by atoms with Gasteiger partial charge in [-0.05, 0) is 43.4 Å². The second kappa shape index (κ2) is 10.2. The molecule has 3 N–H and O–H groups in total. The van der Waals surface area contributed by atoms with Crippen LogP contribution in [0.1, 0.15) is 31.2 Å². The minimum absolute atomic E-state index is 0. The predicted octanol–water partition coefficient (Wildman–Crippen LogP) is 2.00. The van der Waals surface area contributed by atoms with Gasteiger partial charge in [0.15, 0.2) is 0 Å². The van der Waals surface area contributed by atoms with Crippen molar-refractivity contribution in [2.75, 3.05) is 24.5 Å². The number of nitrogens with one attached hydrogen (secondary N) is 2. The first-order chi connectivity index (χ1) is 11.1. The minimum atomic E-state index is -0.274. The van der Waals surface area contributed by atoms with Crippen LogP contribution in [0.3, 0.4) is 0 Å². The Labute approximate surface area is 160 Å². The molecule has 1 aliphatic carbocycles. The SMILES string of the molecule is Cl.Cl.O=C(CNC1CC1)NCc1ccc(N2CCC(O)CC2)c(F)c1. The zero-order chi connectivity index (χ0) is 16.2. The lowest BCUT2D eigenvalue weighted by molar-refractivity contribution is -0.120. The summed E-state index contributed by atoms with van der Waals surface area (Å²) in [5.74, 6) is -0.337. The highest BCUT2D eigenvalue weighted by Crippen LogP contribution is 2.24. The number of hydrogen-bond donors (Lipinski definition) is 3. The minimum Gasteiger partial charge on any atom is -0.393 e. The first-order valence-electron chi connectivity index (χ1n) is 8.33. The van der Waals surface area contributed by atoms with E-state index in [0.717, 1.165) is 18.4 Å². The van der Waals surface area contributed by atoms with Crippen molar-refractivity contribution >= 4 is 36.4 Å². The number of nitrogens with zero attached hydrogens (tertiary/aromatic N) is 1. The van der Waals surface area contributed by atoms with Gasteiger partial charge in [-0.15, -0.1) is 24.8 Å². The maximum absolute atomic E-state index is 14.3. The van der Waals surface area contributed by atoms with Crippen molar-refractivity contribution in [2.45, 2.75) is 44.4 Å². The Morgan fingerprint density at radius 1 is 1.20 bits per heavy atom. The smallest absolute Gasteiger partial charge is 0.234 e. The molecule has 0 radical (unpaired) electrons. The van der Waals surface area contributed by atoms with E-state index in [4.69, 9.17) is 0 Å². The van der Waals surface area contributed by atoms with Gasteiger partial charge in [-0.3, -0.25) is 4.79 Å². The first-order valence-corrected chi connectivity index (χ1v) is 8.33. The molecule has 25 heavy (non-hydrogen) atoms. The van der Waals surface area contributed by atoms with Crippen molar-refractivity contribution < 1.29 is 14.3 Å². The molecular formula is C17H26Cl2FN3O2. The predicted molar refractivity (Wildman–Crippen MR) is 101 cm³/mol. The van der Waals surface area contributed by atoms with Gasteiger partial charge in [-0.25, -0.2) is 4.39 Å². The molecule has 1 aliphatic heterocycles. The van der Waals surface area contributed by atoms with E-state index in [-0.39, 0.29) is 42.6 Å². The van der Waals surface area contributed by atoms with Gasteiger partial charge in [0.2, 0.25) is 5.91 Å². The van der Waals surface area contributed by atoms with E-state index in [2.05, 4.69) is 10.6 Å². The highest BCUT2D eigenvalue weighted by atomic mass is 35.5. The molecule has 1 saturated carbocycles. The van der Waals surface area contributed by atoms with Crippen molar-refractivity contribution in [2.24, 2.45) is 0 Å². The van der Waals surface area contributed by atoms with Crippen molar-refractivity contribution in [1.29, 1.82) is 0 Å². The standard InChI is InChI=1S/C17H24FN3O2.2ClH/c18-15-9-12(10-20-17(23)11-19-13-2-3-13)1-4-16(15)21-7-5-14(22)6-8-21;;/h1,4,9,13-14,19,22H,2-3,5-8,10-11H2,(H,20,23);2*1H. The lowest BCUT2D eigenvalue weighted by atomic mass is 10.1. The van der Waals surface area contributed by atoms with Gasteiger partial charge < -0.3 is 20.6 Å². The molecule has 0 spiro atoms. The highest BCUT2D eigenvalue weighted by molar-refractivity contribution is 5.85. The van der Waals surface area contributed by atoms with Crippen molar-refractivity contribution in [1.82, 2.24) is 10.6 Å². The molecule has 1 amide bonds. The molecule has 2 aliphatic rings. The number of halogens is 3. The molecule has 1 aromatic rings. The zero-order valence-electron chi connectivity index (χ0n) is 14.0. The number of piperidine rings is 1. The quantitative estimate of drug-likeness (QED) is 0.691. The molecule has 1 heterocycles. The van der Waals surface area contributed by atoms with Crippen LogP contribution in [0.15, 0.2) is 18.2 Å². The Bertz CT molecular complexity index is 565. The van der Waals surface area contributed by atoms with Gasteiger partial charge >= 0.3 is 0 Å². The molecule has 3 rings (SSSR count). The number of carbonyl (C=O) groups excluding carboxylic acids is 1. The summed E-state index contributed by atoms with van der Waals surface area (Å²) in [7, 11) is 0. The maximum Gasteiger partial charge on any atom is 0.234 e. The van der Waals surface area contributed by atoms with Crippen LogP contribution in [0, 0.1) is 5.82 Å². The van der Waals surface area contributed by atoms with E-state index in [9.17, 15) is 14.3 Å². The van der Waals surface area contributed by atoms with Crippen LogP contribution in [-0.2, 0) is 11.3 Å². The molecule has 0 bridgehead atoms. The molecule has 0 aromatic heterocycles. The number of anilines is 1. The van der Waals surface area contributed by atoms with Gasteiger partial charge in [0.25, 0.3) is 0 Å². The normalized spacial score (nSPS) is 17.4. The zero-order valence-corrected chi connectivity index (χ0v) is 15.7. The molecule has 1 saturated heterocycles. The fourth-order valence-corrected chi connectivity index (χ4v) is 2.81. The Kier molecular flexibility index (Phi) is 8.93. The fourth-order valence-electron chi connectivity index (χ4n) is 2.81. The Morgan fingerprint density at radius 2 is 1.88 bits per heavy atom. The fraction of sp³-hybridized carbons (Fsp3) is 0.588.